The standard InChI is InChI=1S/C33H42FN3O4S/c1-5-6-20-35-33(39)31(23-27-13-8-7-9-14-27)36(24-28-15-10-11-16-29(28)34)32(38)17-12-21-37(42(4,40)41)30-22-25(2)18-19-26(30)3/h7-11,13-16,18-19,22,31H,5-6,12,17,20-21,23-24H2,1-4H3,(H,35,39)/t31-/m1/s1. The van der Waals surface area contributed by atoms with Crippen molar-refractivity contribution in [1.82, 2.24) is 10.2 Å². The molecule has 0 unspecified atom stereocenters. The molecule has 0 saturated carbocycles. The van der Waals surface area contributed by atoms with Crippen LogP contribution in [-0.4, -0.2) is 50.5 Å². The summed E-state index contributed by atoms with van der Waals surface area (Å²) in [5.74, 6) is -1.11. The average Bonchev–Trinajstić information content (AvgIpc) is 2.95. The minimum Gasteiger partial charge on any atom is -0.354 e. The third kappa shape index (κ3) is 9.41. The Morgan fingerprint density at radius 2 is 1.64 bits per heavy atom. The second kappa shape index (κ2) is 15.5. The number of unbranched alkanes of at least 4 members (excludes halogenated alkanes) is 1. The number of hydrogen-bond donors (Lipinski definition) is 1. The van der Waals surface area contributed by atoms with Crippen molar-refractivity contribution in [3.8, 4) is 0 Å². The Morgan fingerprint density at radius 1 is 0.952 bits per heavy atom. The molecule has 9 heteroatoms. The predicted octanol–water partition coefficient (Wildman–Crippen LogP) is 5.55. The minimum atomic E-state index is -3.62. The third-order valence-corrected chi connectivity index (χ3v) is 8.36. The summed E-state index contributed by atoms with van der Waals surface area (Å²) in [6.45, 7) is 6.25. The topological polar surface area (TPSA) is 86.8 Å². The van der Waals surface area contributed by atoms with Gasteiger partial charge in [0.15, 0.2) is 0 Å². The van der Waals surface area contributed by atoms with E-state index in [1.807, 2.05) is 69.3 Å². The van der Waals surface area contributed by atoms with E-state index in [-0.39, 0.29) is 44.2 Å². The van der Waals surface area contributed by atoms with Gasteiger partial charge < -0.3 is 10.2 Å². The fourth-order valence-corrected chi connectivity index (χ4v) is 5.86. The first-order chi connectivity index (χ1) is 20.0. The summed E-state index contributed by atoms with van der Waals surface area (Å²) < 4.78 is 41.6. The van der Waals surface area contributed by atoms with Crippen molar-refractivity contribution in [1.29, 1.82) is 0 Å². The number of amides is 2. The Labute approximate surface area is 249 Å². The molecule has 0 bridgehead atoms. The molecular formula is C33H42FN3O4S. The molecule has 0 heterocycles. The maximum Gasteiger partial charge on any atom is 0.243 e. The smallest absolute Gasteiger partial charge is 0.243 e. The Morgan fingerprint density at radius 3 is 2.31 bits per heavy atom. The molecular weight excluding hydrogens is 553 g/mol. The maximum absolute atomic E-state index is 14.8. The lowest BCUT2D eigenvalue weighted by Crippen LogP contribution is -2.50. The van der Waals surface area contributed by atoms with Gasteiger partial charge in [-0.3, -0.25) is 13.9 Å². The van der Waals surface area contributed by atoms with Gasteiger partial charge in [0.1, 0.15) is 11.9 Å². The maximum atomic E-state index is 14.8. The van der Waals surface area contributed by atoms with Crippen LogP contribution in [0.5, 0.6) is 0 Å². The zero-order valence-corrected chi connectivity index (χ0v) is 25.8. The highest BCUT2D eigenvalue weighted by Gasteiger charge is 2.31. The van der Waals surface area contributed by atoms with Crippen LogP contribution in [0.2, 0.25) is 0 Å². The van der Waals surface area contributed by atoms with Crippen LogP contribution in [0.3, 0.4) is 0 Å². The molecule has 0 aliphatic carbocycles. The van der Waals surface area contributed by atoms with E-state index in [1.165, 1.54) is 15.3 Å². The van der Waals surface area contributed by atoms with Crippen molar-refractivity contribution in [2.24, 2.45) is 0 Å². The SMILES string of the molecule is CCCCNC(=O)[C@@H](Cc1ccccc1)N(Cc1ccccc1F)C(=O)CCCN(c1cc(C)ccc1C)S(C)(=O)=O. The van der Waals surface area contributed by atoms with Gasteiger partial charge in [0.25, 0.3) is 0 Å². The van der Waals surface area contributed by atoms with Crippen molar-refractivity contribution >= 4 is 27.5 Å². The molecule has 1 atom stereocenters. The number of halogens is 1. The lowest BCUT2D eigenvalue weighted by atomic mass is 10.0. The number of carbonyl (C=O) groups is 2. The highest BCUT2D eigenvalue weighted by atomic mass is 32.2. The number of hydrogen-bond acceptors (Lipinski definition) is 4. The summed E-state index contributed by atoms with van der Waals surface area (Å²) in [5, 5.41) is 2.95. The summed E-state index contributed by atoms with van der Waals surface area (Å²) >= 11 is 0. The van der Waals surface area contributed by atoms with E-state index in [2.05, 4.69) is 5.32 Å². The molecule has 2 amide bonds. The Hall–Kier alpha value is -3.72. The number of benzene rings is 3. The first-order valence-corrected chi connectivity index (χ1v) is 16.3. The molecule has 226 valence electrons. The number of sulfonamides is 1. The fourth-order valence-electron chi connectivity index (χ4n) is 4.84. The normalized spacial score (nSPS) is 12.0. The zero-order valence-electron chi connectivity index (χ0n) is 25.0. The number of nitrogens with one attached hydrogen (secondary N) is 1. The molecule has 0 spiro atoms. The first kappa shape index (κ1) is 32.8. The number of carbonyl (C=O) groups excluding carboxylic acids is 2. The van der Waals surface area contributed by atoms with Gasteiger partial charge in [-0.1, -0.05) is 74.0 Å². The van der Waals surface area contributed by atoms with Crippen LogP contribution in [0.1, 0.15) is 54.9 Å². The molecule has 0 aliphatic rings. The van der Waals surface area contributed by atoms with Gasteiger partial charge in [-0.25, -0.2) is 12.8 Å². The Balaban J connectivity index is 1.90. The molecule has 0 radical (unpaired) electrons. The van der Waals surface area contributed by atoms with Gasteiger partial charge >= 0.3 is 0 Å². The van der Waals surface area contributed by atoms with E-state index in [1.54, 1.807) is 18.2 Å². The number of rotatable bonds is 15. The molecule has 0 fully saturated rings. The van der Waals surface area contributed by atoms with Crippen LogP contribution < -0.4 is 9.62 Å². The van der Waals surface area contributed by atoms with E-state index in [0.29, 0.717) is 17.8 Å². The number of nitrogens with zero attached hydrogens (tertiary/aromatic N) is 2. The Kier molecular flexibility index (Phi) is 12.1. The monoisotopic (exact) mass is 595 g/mol. The number of anilines is 1. The van der Waals surface area contributed by atoms with Crippen LogP contribution in [0.25, 0.3) is 0 Å². The Bertz CT molecular complexity index is 1450. The second-order valence-electron chi connectivity index (χ2n) is 10.7. The van der Waals surface area contributed by atoms with Gasteiger partial charge in [-0.2, -0.15) is 0 Å². The molecule has 0 aromatic heterocycles. The molecule has 3 aromatic carbocycles. The van der Waals surface area contributed by atoms with Crippen molar-refractivity contribution < 1.29 is 22.4 Å². The molecule has 42 heavy (non-hydrogen) atoms. The third-order valence-electron chi connectivity index (χ3n) is 7.18. The van der Waals surface area contributed by atoms with Crippen LogP contribution >= 0.6 is 0 Å². The van der Waals surface area contributed by atoms with E-state index in [0.717, 1.165) is 35.8 Å². The van der Waals surface area contributed by atoms with E-state index >= 15 is 0 Å². The van der Waals surface area contributed by atoms with Crippen LogP contribution in [0, 0.1) is 19.7 Å². The number of aryl methyl sites for hydroxylation is 2. The molecule has 1 N–H and O–H groups in total. The van der Waals surface area contributed by atoms with Gasteiger partial charge in [0.05, 0.1) is 11.9 Å². The van der Waals surface area contributed by atoms with Gasteiger partial charge in [0, 0.05) is 38.0 Å². The lowest BCUT2D eigenvalue weighted by molar-refractivity contribution is -0.141. The van der Waals surface area contributed by atoms with Gasteiger partial charge in [0.2, 0.25) is 21.8 Å². The van der Waals surface area contributed by atoms with Crippen LogP contribution in [-0.2, 0) is 32.6 Å². The summed E-state index contributed by atoms with van der Waals surface area (Å²) in [6, 6.07) is 20.4. The quantitative estimate of drug-likeness (QED) is 0.234. The molecule has 3 aromatic rings. The molecule has 3 rings (SSSR count). The van der Waals surface area contributed by atoms with Crippen LogP contribution in [0.4, 0.5) is 10.1 Å². The zero-order chi connectivity index (χ0) is 30.7. The molecule has 7 nitrogen and oxygen atoms in total. The fraction of sp³-hybridized carbons (Fsp3) is 0.394. The second-order valence-corrected chi connectivity index (χ2v) is 12.6. The molecule has 0 saturated heterocycles. The summed E-state index contributed by atoms with van der Waals surface area (Å²) in [4.78, 5) is 28.8. The summed E-state index contributed by atoms with van der Waals surface area (Å²) in [7, 11) is -3.62. The van der Waals surface area contributed by atoms with E-state index < -0.39 is 21.9 Å². The van der Waals surface area contributed by atoms with Gasteiger partial charge in [-0.05, 0) is 55.5 Å². The van der Waals surface area contributed by atoms with Gasteiger partial charge in [-0.15, -0.1) is 0 Å². The summed E-state index contributed by atoms with van der Waals surface area (Å²) in [6.07, 6.45) is 3.32. The minimum absolute atomic E-state index is 0.0150. The highest BCUT2D eigenvalue weighted by Crippen LogP contribution is 2.25. The van der Waals surface area contributed by atoms with Crippen molar-refractivity contribution in [2.45, 2.75) is 65.5 Å². The van der Waals surface area contributed by atoms with Crippen LogP contribution in [0.15, 0.2) is 72.8 Å². The van der Waals surface area contributed by atoms with E-state index in [4.69, 9.17) is 0 Å². The lowest BCUT2D eigenvalue weighted by Gasteiger charge is -2.32. The van der Waals surface area contributed by atoms with Crippen molar-refractivity contribution in [2.75, 3.05) is 23.7 Å². The largest absolute Gasteiger partial charge is 0.354 e. The van der Waals surface area contributed by atoms with Crippen molar-refractivity contribution in [3.05, 3.63) is 101 Å². The summed E-state index contributed by atoms with van der Waals surface area (Å²) in [5.41, 5.74) is 3.49. The molecule has 0 aliphatic heterocycles. The first-order valence-electron chi connectivity index (χ1n) is 14.4. The van der Waals surface area contributed by atoms with Crippen molar-refractivity contribution in [3.63, 3.8) is 0 Å². The average molecular weight is 596 g/mol. The van der Waals surface area contributed by atoms with E-state index in [9.17, 15) is 22.4 Å². The predicted molar refractivity (Wildman–Crippen MR) is 166 cm³/mol. The highest BCUT2D eigenvalue weighted by molar-refractivity contribution is 7.92.